The number of hydrogen-bond donors (Lipinski definition) is 0. The van der Waals surface area contributed by atoms with Gasteiger partial charge in [0.2, 0.25) is 5.78 Å². The molecule has 1 fully saturated rings. The van der Waals surface area contributed by atoms with Crippen LogP contribution in [0.25, 0.3) is 22.7 Å². The second-order valence-corrected chi connectivity index (χ2v) is 11.6. The van der Waals surface area contributed by atoms with Gasteiger partial charge in [0.1, 0.15) is 0 Å². The molecule has 5 nitrogen and oxygen atoms in total. The maximum Gasteiger partial charge on any atom is 0.263 e. The number of hydrogen-bond acceptors (Lipinski definition) is 4. The van der Waals surface area contributed by atoms with Gasteiger partial charge in [0.25, 0.3) is 5.56 Å². The normalized spacial score (nSPS) is 16.5. The fourth-order valence-corrected chi connectivity index (χ4v) is 7.23. The van der Waals surface area contributed by atoms with E-state index in [-0.39, 0.29) is 11.0 Å². The van der Waals surface area contributed by atoms with Crippen molar-refractivity contribution in [3.8, 4) is 16.9 Å². The van der Waals surface area contributed by atoms with Crippen molar-refractivity contribution in [2.45, 2.75) is 69.4 Å². The minimum absolute atomic E-state index is 0.0706. The highest BCUT2D eigenvalue weighted by Crippen LogP contribution is 2.49. The van der Waals surface area contributed by atoms with Gasteiger partial charge in [-0.25, -0.2) is 4.57 Å². The summed E-state index contributed by atoms with van der Waals surface area (Å²) in [5.74, 6) is 2.21. The van der Waals surface area contributed by atoms with Gasteiger partial charge in [-0.3, -0.25) is 9.20 Å². The first-order valence-corrected chi connectivity index (χ1v) is 13.9. The molecule has 0 bridgehead atoms. The Bertz CT molecular complexity index is 1430. The molecule has 1 spiro atoms. The lowest BCUT2D eigenvalue weighted by atomic mass is 9.62. The van der Waals surface area contributed by atoms with Gasteiger partial charge in [0, 0.05) is 22.3 Å². The van der Waals surface area contributed by atoms with E-state index in [1.807, 2.05) is 34.9 Å². The Hall–Kier alpha value is -2.86. The summed E-state index contributed by atoms with van der Waals surface area (Å²) < 4.78 is 4.01. The second kappa shape index (κ2) is 8.98. The predicted octanol–water partition coefficient (Wildman–Crippen LogP) is 6.44. The van der Waals surface area contributed by atoms with E-state index in [0.29, 0.717) is 11.7 Å². The molecule has 0 N–H and O–H groups in total. The minimum Gasteiger partial charge on any atom is -0.268 e. The molecule has 2 aromatic carbocycles. The smallest absolute Gasteiger partial charge is 0.263 e. The Balaban J connectivity index is 1.70. The van der Waals surface area contributed by atoms with Crippen molar-refractivity contribution in [2.24, 2.45) is 5.92 Å². The maximum absolute atomic E-state index is 14.5. The van der Waals surface area contributed by atoms with Crippen LogP contribution in [-0.2, 0) is 11.8 Å². The van der Waals surface area contributed by atoms with E-state index >= 15 is 0 Å². The van der Waals surface area contributed by atoms with Crippen molar-refractivity contribution in [3.63, 3.8) is 0 Å². The van der Waals surface area contributed by atoms with E-state index in [1.54, 1.807) is 11.8 Å². The van der Waals surface area contributed by atoms with E-state index in [0.717, 1.165) is 59.1 Å². The molecular weight excluding hydrogens is 452 g/mol. The van der Waals surface area contributed by atoms with Gasteiger partial charge < -0.3 is 0 Å². The van der Waals surface area contributed by atoms with Gasteiger partial charge in [-0.1, -0.05) is 87.3 Å². The highest BCUT2D eigenvalue weighted by atomic mass is 32.2. The van der Waals surface area contributed by atoms with E-state index in [4.69, 9.17) is 0 Å². The summed E-state index contributed by atoms with van der Waals surface area (Å²) >= 11 is 1.75. The zero-order valence-corrected chi connectivity index (χ0v) is 21.4. The van der Waals surface area contributed by atoms with Crippen LogP contribution >= 0.6 is 11.8 Å². The first-order valence-electron chi connectivity index (χ1n) is 12.9. The number of para-hydroxylation sites is 1. The Labute approximate surface area is 210 Å². The maximum atomic E-state index is 14.5. The molecule has 0 amide bonds. The summed E-state index contributed by atoms with van der Waals surface area (Å²) in [7, 11) is 0. The van der Waals surface area contributed by atoms with E-state index in [2.05, 4.69) is 52.7 Å². The van der Waals surface area contributed by atoms with Crippen LogP contribution in [0.3, 0.4) is 0 Å². The molecule has 6 rings (SSSR count). The molecule has 0 atom stereocenters. The molecule has 6 heteroatoms. The number of fused-ring (bicyclic) bond motifs is 6. The van der Waals surface area contributed by atoms with Gasteiger partial charge in [-0.2, -0.15) is 0 Å². The van der Waals surface area contributed by atoms with E-state index in [9.17, 15) is 4.79 Å². The molecule has 4 aromatic rings. The minimum atomic E-state index is -0.131. The molecule has 0 radical (unpaired) electrons. The number of rotatable bonds is 5. The molecule has 0 unspecified atom stereocenters. The predicted molar refractivity (Wildman–Crippen MR) is 143 cm³/mol. The average Bonchev–Trinajstić information content (AvgIpc) is 3.28. The number of thioether (sulfide) groups is 1. The summed E-state index contributed by atoms with van der Waals surface area (Å²) in [6.07, 6.45) is 7.75. The van der Waals surface area contributed by atoms with Crippen LogP contribution < -0.4 is 5.56 Å². The SMILES string of the molecule is CC(C)CCSc1nnc2n(-c3ccccc3)c(=O)c3c(n12)-c1ccccc1CC31CCCCC1. The fourth-order valence-electron chi connectivity index (χ4n) is 6.05. The van der Waals surface area contributed by atoms with Gasteiger partial charge in [0.05, 0.1) is 11.4 Å². The number of aromatic nitrogens is 4. The fraction of sp³-hybridized carbons (Fsp3) is 0.414. The monoisotopic (exact) mass is 484 g/mol. The Morgan fingerprint density at radius 1 is 0.971 bits per heavy atom. The molecular formula is C29H32N4OS. The average molecular weight is 485 g/mol. The molecule has 0 saturated heterocycles. The van der Waals surface area contributed by atoms with Gasteiger partial charge in [-0.15, -0.1) is 10.2 Å². The summed E-state index contributed by atoms with van der Waals surface area (Å²) in [5.41, 5.74) is 5.28. The highest BCUT2D eigenvalue weighted by molar-refractivity contribution is 7.99. The van der Waals surface area contributed by atoms with Crippen molar-refractivity contribution >= 4 is 17.5 Å². The van der Waals surface area contributed by atoms with E-state index < -0.39 is 0 Å². The lowest BCUT2D eigenvalue weighted by molar-refractivity contribution is 0.284. The summed E-state index contributed by atoms with van der Waals surface area (Å²) in [6.45, 7) is 4.50. The molecule has 180 valence electrons. The largest absolute Gasteiger partial charge is 0.268 e. The van der Waals surface area contributed by atoms with E-state index in [1.165, 1.54) is 24.8 Å². The third-order valence-corrected chi connectivity index (χ3v) is 8.74. The molecule has 0 aliphatic heterocycles. The van der Waals surface area contributed by atoms with Crippen molar-refractivity contribution in [3.05, 3.63) is 76.1 Å². The quantitative estimate of drug-likeness (QED) is 0.306. The summed E-state index contributed by atoms with van der Waals surface area (Å²) in [4.78, 5) is 14.5. The van der Waals surface area contributed by atoms with Gasteiger partial charge >= 0.3 is 0 Å². The number of benzene rings is 2. The molecule has 2 aliphatic rings. The Morgan fingerprint density at radius 2 is 1.71 bits per heavy atom. The molecule has 1 saturated carbocycles. The van der Waals surface area contributed by atoms with Crippen LogP contribution in [0.2, 0.25) is 0 Å². The summed E-state index contributed by atoms with van der Waals surface area (Å²) in [5, 5.41) is 10.2. The van der Waals surface area contributed by atoms with Crippen LogP contribution in [0, 0.1) is 5.92 Å². The van der Waals surface area contributed by atoms with Crippen molar-refractivity contribution in [1.29, 1.82) is 0 Å². The standard InChI is InChI=1S/C29H32N4OS/c1-20(2)15-18-35-28-31-30-27-32(22-12-5-3-6-13-22)26(34)24-25(33(27)28)23-14-8-7-11-21(23)19-29(24)16-9-4-10-17-29/h3,5-8,11-14,20H,4,9-10,15-19H2,1-2H3. The van der Waals surface area contributed by atoms with Crippen LogP contribution in [-0.4, -0.2) is 24.9 Å². The third-order valence-electron chi connectivity index (χ3n) is 7.78. The third kappa shape index (κ3) is 3.74. The van der Waals surface area contributed by atoms with Crippen molar-refractivity contribution in [1.82, 2.24) is 19.2 Å². The van der Waals surface area contributed by atoms with Crippen LogP contribution in [0.4, 0.5) is 0 Å². The highest BCUT2D eigenvalue weighted by Gasteiger charge is 2.44. The lowest BCUT2D eigenvalue weighted by Crippen LogP contribution is -2.43. The topological polar surface area (TPSA) is 52.2 Å². The van der Waals surface area contributed by atoms with Gasteiger partial charge in [0.15, 0.2) is 5.16 Å². The molecule has 2 aliphatic carbocycles. The van der Waals surface area contributed by atoms with Crippen molar-refractivity contribution < 1.29 is 0 Å². The second-order valence-electron chi connectivity index (χ2n) is 10.5. The van der Waals surface area contributed by atoms with Crippen LogP contribution in [0.5, 0.6) is 0 Å². The van der Waals surface area contributed by atoms with Gasteiger partial charge in [-0.05, 0) is 49.3 Å². The lowest BCUT2D eigenvalue weighted by Gasteiger charge is -2.42. The molecule has 35 heavy (non-hydrogen) atoms. The number of nitrogens with zero attached hydrogens (tertiary/aromatic N) is 4. The molecule has 2 heterocycles. The zero-order valence-electron chi connectivity index (χ0n) is 20.5. The molecule has 2 aromatic heterocycles. The van der Waals surface area contributed by atoms with Crippen LogP contribution in [0.1, 0.15) is 63.5 Å². The first-order chi connectivity index (χ1) is 17.1. The zero-order chi connectivity index (χ0) is 24.0. The van der Waals surface area contributed by atoms with Crippen LogP contribution in [0.15, 0.2) is 64.5 Å². The van der Waals surface area contributed by atoms with Crippen molar-refractivity contribution in [2.75, 3.05) is 5.75 Å². The summed E-state index contributed by atoms with van der Waals surface area (Å²) in [6, 6.07) is 18.6. The Kier molecular flexibility index (Phi) is 5.79. The first kappa shape index (κ1) is 22.6. The Morgan fingerprint density at radius 3 is 2.49 bits per heavy atom.